The van der Waals surface area contributed by atoms with Crippen molar-refractivity contribution < 1.29 is 0 Å². The molecule has 182 valence electrons. The topological polar surface area (TPSA) is 71.8 Å². The maximum atomic E-state index is 5.09. The minimum absolute atomic E-state index is 0.454. The van der Waals surface area contributed by atoms with Crippen LogP contribution in [0, 0.1) is 0 Å². The number of piperidine rings is 2. The second kappa shape index (κ2) is 9.13. The van der Waals surface area contributed by atoms with Gasteiger partial charge < -0.3 is 14.8 Å². The van der Waals surface area contributed by atoms with Gasteiger partial charge in [0.05, 0.1) is 40.6 Å². The Labute approximate surface area is 211 Å². The van der Waals surface area contributed by atoms with Gasteiger partial charge in [0.1, 0.15) is 5.82 Å². The molecule has 1 aliphatic carbocycles. The largest absolute Gasteiger partial charge is 0.357 e. The zero-order chi connectivity index (χ0) is 23.9. The third-order valence-corrected chi connectivity index (χ3v) is 7.88. The highest BCUT2D eigenvalue weighted by Gasteiger charge is 2.22. The zero-order valence-electron chi connectivity index (χ0n) is 20.5. The van der Waals surface area contributed by atoms with Gasteiger partial charge in [0.15, 0.2) is 0 Å². The smallest absolute Gasteiger partial charge is 0.128 e. The van der Waals surface area contributed by atoms with E-state index in [1.165, 1.54) is 43.2 Å². The molecule has 7 rings (SSSR count). The van der Waals surface area contributed by atoms with Crippen LogP contribution in [0.2, 0.25) is 0 Å². The van der Waals surface area contributed by atoms with Crippen molar-refractivity contribution in [2.45, 2.75) is 44.6 Å². The fraction of sp³-hybridized carbons (Fsp3) is 0.379. The second-order valence-corrected chi connectivity index (χ2v) is 10.2. The highest BCUT2D eigenvalue weighted by molar-refractivity contribution is 5.88. The van der Waals surface area contributed by atoms with Crippen molar-refractivity contribution in [3.8, 4) is 11.3 Å². The Balaban J connectivity index is 1.19. The van der Waals surface area contributed by atoms with Crippen LogP contribution in [0.4, 0.5) is 5.82 Å². The van der Waals surface area contributed by atoms with Gasteiger partial charge in [0, 0.05) is 49.4 Å². The van der Waals surface area contributed by atoms with Gasteiger partial charge in [0.25, 0.3) is 0 Å². The number of imidazole rings is 1. The molecule has 5 heterocycles. The average molecular weight is 478 g/mol. The number of benzene rings is 1. The number of rotatable bonds is 4. The number of anilines is 1. The molecule has 7 heteroatoms. The molecule has 7 nitrogen and oxygen atoms in total. The Morgan fingerprint density at radius 1 is 0.889 bits per heavy atom. The molecule has 36 heavy (non-hydrogen) atoms. The number of hydrogen-bond acceptors (Lipinski definition) is 6. The molecule has 0 bridgehead atoms. The molecule has 2 fully saturated rings. The molecule has 1 atom stereocenters. The molecule has 4 aromatic rings. The Bertz CT molecular complexity index is 1420. The van der Waals surface area contributed by atoms with E-state index in [9.17, 15) is 0 Å². The molecular formula is C29H31N7. The van der Waals surface area contributed by atoms with Gasteiger partial charge in [-0.3, -0.25) is 4.98 Å². The van der Waals surface area contributed by atoms with Crippen LogP contribution in [0.15, 0.2) is 55.1 Å². The molecule has 0 amide bonds. The molecule has 2 saturated heterocycles. The standard InChI is InChI=1S/C29H31N7/c1-2-13-35(14-3-1)28-11-7-21(16-32-28)26-18-31-25-10-8-23(29(25)34-26)20-6-9-24-27(15-20)36(19-33-24)22-5-4-12-30-17-22/h6-9,11,15-16,18-19,22,30H,1-5,10,12-14,17H2. The summed E-state index contributed by atoms with van der Waals surface area (Å²) in [5.74, 6) is 1.06. The molecule has 0 saturated carbocycles. The van der Waals surface area contributed by atoms with Gasteiger partial charge in [0.2, 0.25) is 0 Å². The fourth-order valence-corrected chi connectivity index (χ4v) is 5.87. The van der Waals surface area contributed by atoms with Crippen molar-refractivity contribution >= 4 is 22.4 Å². The highest BCUT2D eigenvalue weighted by atomic mass is 15.2. The Hall–Kier alpha value is -3.58. The minimum atomic E-state index is 0.454. The lowest BCUT2D eigenvalue weighted by atomic mass is 10.0. The van der Waals surface area contributed by atoms with Gasteiger partial charge in [-0.2, -0.15) is 0 Å². The first kappa shape index (κ1) is 21.7. The summed E-state index contributed by atoms with van der Waals surface area (Å²) in [4.78, 5) is 21.7. The van der Waals surface area contributed by atoms with Crippen LogP contribution in [0.5, 0.6) is 0 Å². The van der Waals surface area contributed by atoms with Crippen LogP contribution in [0.1, 0.15) is 55.1 Å². The number of nitrogens with zero attached hydrogens (tertiary/aromatic N) is 6. The molecule has 3 aliphatic rings. The van der Waals surface area contributed by atoms with E-state index in [2.05, 4.69) is 56.2 Å². The Kier molecular flexibility index (Phi) is 5.50. The normalized spacial score (nSPS) is 19.9. The number of aromatic nitrogens is 5. The maximum Gasteiger partial charge on any atom is 0.128 e. The van der Waals surface area contributed by atoms with E-state index >= 15 is 0 Å². The van der Waals surface area contributed by atoms with Crippen LogP contribution in [-0.4, -0.2) is 50.7 Å². The third kappa shape index (κ3) is 3.88. The summed E-state index contributed by atoms with van der Waals surface area (Å²) in [5.41, 5.74) is 8.48. The summed E-state index contributed by atoms with van der Waals surface area (Å²) < 4.78 is 2.35. The summed E-state index contributed by atoms with van der Waals surface area (Å²) in [6, 6.07) is 11.3. The number of nitrogens with one attached hydrogen (secondary N) is 1. The average Bonchev–Trinajstić information content (AvgIpc) is 3.58. The first-order valence-corrected chi connectivity index (χ1v) is 13.3. The van der Waals surface area contributed by atoms with E-state index < -0.39 is 0 Å². The van der Waals surface area contributed by atoms with Crippen molar-refractivity contribution in [3.05, 3.63) is 72.1 Å². The lowest BCUT2D eigenvalue weighted by Crippen LogP contribution is -2.31. The fourth-order valence-electron chi connectivity index (χ4n) is 5.87. The van der Waals surface area contributed by atoms with Gasteiger partial charge in [-0.15, -0.1) is 0 Å². The van der Waals surface area contributed by atoms with Crippen LogP contribution in [0.25, 0.3) is 27.9 Å². The molecule has 1 unspecified atom stereocenters. The maximum absolute atomic E-state index is 5.09. The Morgan fingerprint density at radius 2 is 1.81 bits per heavy atom. The van der Waals surface area contributed by atoms with Crippen LogP contribution in [-0.2, 0) is 6.42 Å². The summed E-state index contributed by atoms with van der Waals surface area (Å²) in [6.45, 7) is 4.30. The molecule has 1 aromatic carbocycles. The van der Waals surface area contributed by atoms with E-state index in [1.54, 1.807) is 0 Å². The molecule has 2 aliphatic heterocycles. The van der Waals surface area contributed by atoms with Gasteiger partial charge in [-0.05, 0) is 68.5 Å². The quantitative estimate of drug-likeness (QED) is 0.456. The van der Waals surface area contributed by atoms with Gasteiger partial charge >= 0.3 is 0 Å². The SMILES string of the molecule is C1=C(c2ccc3ncn(C4CCCNC4)c3c2)c2nc(-c3ccc(N4CCCCC4)nc3)cnc2C1. The molecule has 1 N–H and O–H groups in total. The summed E-state index contributed by atoms with van der Waals surface area (Å²) in [5, 5.41) is 3.53. The van der Waals surface area contributed by atoms with Crippen molar-refractivity contribution in [3.63, 3.8) is 0 Å². The number of pyridine rings is 1. The second-order valence-electron chi connectivity index (χ2n) is 10.2. The molecule has 3 aromatic heterocycles. The number of fused-ring (bicyclic) bond motifs is 2. The van der Waals surface area contributed by atoms with Crippen molar-refractivity contribution in [1.82, 2.24) is 29.8 Å². The van der Waals surface area contributed by atoms with Crippen molar-refractivity contribution in [2.75, 3.05) is 31.1 Å². The number of allylic oxidation sites excluding steroid dienone is 1. The van der Waals surface area contributed by atoms with Crippen molar-refractivity contribution in [1.29, 1.82) is 0 Å². The highest BCUT2D eigenvalue weighted by Crippen LogP contribution is 2.34. The Morgan fingerprint density at radius 3 is 2.64 bits per heavy atom. The first-order valence-electron chi connectivity index (χ1n) is 13.3. The third-order valence-electron chi connectivity index (χ3n) is 7.88. The zero-order valence-corrected chi connectivity index (χ0v) is 20.5. The number of hydrogen-bond donors (Lipinski definition) is 1. The molecule has 0 radical (unpaired) electrons. The van der Waals surface area contributed by atoms with Crippen LogP contribution in [0.3, 0.4) is 0 Å². The van der Waals surface area contributed by atoms with Gasteiger partial charge in [-0.25, -0.2) is 15.0 Å². The summed E-state index contributed by atoms with van der Waals surface area (Å²) in [7, 11) is 0. The van der Waals surface area contributed by atoms with Crippen molar-refractivity contribution in [2.24, 2.45) is 0 Å². The minimum Gasteiger partial charge on any atom is -0.357 e. The van der Waals surface area contributed by atoms with E-state index in [0.717, 1.165) is 72.2 Å². The monoisotopic (exact) mass is 477 g/mol. The predicted octanol–water partition coefficient (Wildman–Crippen LogP) is 4.79. The molecular weight excluding hydrogens is 446 g/mol. The van der Waals surface area contributed by atoms with Crippen LogP contribution >= 0.6 is 0 Å². The predicted molar refractivity (Wildman–Crippen MR) is 143 cm³/mol. The van der Waals surface area contributed by atoms with E-state index in [0.29, 0.717) is 6.04 Å². The summed E-state index contributed by atoms with van der Waals surface area (Å²) in [6.07, 6.45) is 15.1. The van der Waals surface area contributed by atoms with E-state index in [1.807, 2.05) is 18.7 Å². The van der Waals surface area contributed by atoms with Gasteiger partial charge in [-0.1, -0.05) is 12.1 Å². The van der Waals surface area contributed by atoms with E-state index in [4.69, 9.17) is 15.0 Å². The van der Waals surface area contributed by atoms with E-state index in [-0.39, 0.29) is 0 Å². The summed E-state index contributed by atoms with van der Waals surface area (Å²) >= 11 is 0. The lowest BCUT2D eigenvalue weighted by molar-refractivity contribution is 0.378. The van der Waals surface area contributed by atoms with Crippen LogP contribution < -0.4 is 10.2 Å². The molecule has 0 spiro atoms. The lowest BCUT2D eigenvalue weighted by Gasteiger charge is -2.27. The first-order chi connectivity index (χ1) is 17.8.